The lowest BCUT2D eigenvalue weighted by Crippen LogP contribution is -1.88. The van der Waals surface area contributed by atoms with Crippen molar-refractivity contribution in [3.63, 3.8) is 0 Å². The summed E-state index contributed by atoms with van der Waals surface area (Å²) in [6, 6.07) is 18.6. The van der Waals surface area contributed by atoms with Crippen molar-refractivity contribution in [2.24, 2.45) is 0 Å². The van der Waals surface area contributed by atoms with Gasteiger partial charge in [-0.15, -0.1) is 22.7 Å². The second-order valence-corrected chi connectivity index (χ2v) is 7.54. The number of benzene rings is 1. The maximum absolute atomic E-state index is 4.87. The lowest BCUT2D eigenvalue weighted by molar-refractivity contribution is 1.43. The molecular formula is C17H12N2S3. The van der Waals surface area contributed by atoms with Gasteiger partial charge in [0.05, 0.1) is 9.75 Å². The molecule has 0 saturated heterocycles. The fourth-order valence-electron chi connectivity index (χ4n) is 2.14. The van der Waals surface area contributed by atoms with Crippen LogP contribution in [0.1, 0.15) is 0 Å². The molecule has 0 atom stereocenters. The zero-order valence-electron chi connectivity index (χ0n) is 11.5. The van der Waals surface area contributed by atoms with E-state index in [-0.39, 0.29) is 0 Å². The van der Waals surface area contributed by atoms with Gasteiger partial charge in [0.25, 0.3) is 0 Å². The average molecular weight is 340 g/mol. The van der Waals surface area contributed by atoms with Gasteiger partial charge in [0.1, 0.15) is 15.7 Å². The van der Waals surface area contributed by atoms with Gasteiger partial charge in [-0.25, -0.2) is 4.98 Å². The largest absolute Gasteiger partial charge is 0.345 e. The predicted molar refractivity (Wildman–Crippen MR) is 98.5 cm³/mol. The molecule has 3 aromatic heterocycles. The van der Waals surface area contributed by atoms with Crippen LogP contribution >= 0.6 is 34.0 Å². The highest BCUT2D eigenvalue weighted by atomic mass is 32.1. The van der Waals surface area contributed by atoms with Crippen LogP contribution in [-0.2, 0) is 0 Å². The van der Waals surface area contributed by atoms with Gasteiger partial charge in [0.2, 0.25) is 0 Å². The van der Waals surface area contributed by atoms with Crippen LogP contribution in [0.15, 0.2) is 65.4 Å². The Morgan fingerprint density at radius 3 is 2.18 bits per heavy atom. The van der Waals surface area contributed by atoms with Crippen LogP contribution in [0, 0.1) is 0 Å². The number of thiophene rings is 2. The number of nitrogens with one attached hydrogen (secondary N) is 1. The summed E-state index contributed by atoms with van der Waals surface area (Å²) in [4.78, 5) is 7.27. The number of hydrogen-bond acceptors (Lipinski definition) is 5. The number of rotatable bonds is 4. The van der Waals surface area contributed by atoms with E-state index in [2.05, 4.69) is 52.5 Å². The Balaban J connectivity index is 1.78. The van der Waals surface area contributed by atoms with E-state index in [1.165, 1.54) is 9.75 Å². The van der Waals surface area contributed by atoms with Crippen LogP contribution in [0.3, 0.4) is 0 Å². The fraction of sp³-hybridized carbons (Fsp3) is 0. The number of thiazole rings is 1. The zero-order chi connectivity index (χ0) is 14.8. The molecule has 0 aliphatic carbocycles. The van der Waals surface area contributed by atoms with Crippen molar-refractivity contribution in [2.45, 2.75) is 0 Å². The van der Waals surface area contributed by atoms with Crippen molar-refractivity contribution in [3.8, 4) is 20.5 Å². The van der Waals surface area contributed by atoms with Crippen LogP contribution in [-0.4, -0.2) is 4.98 Å². The molecule has 108 valence electrons. The molecule has 0 radical (unpaired) electrons. The van der Waals surface area contributed by atoms with Gasteiger partial charge in [-0.3, -0.25) is 0 Å². The minimum absolute atomic E-state index is 1.03. The summed E-state index contributed by atoms with van der Waals surface area (Å²) >= 11 is 5.15. The number of anilines is 2. The van der Waals surface area contributed by atoms with Gasteiger partial charge in [-0.1, -0.05) is 41.7 Å². The second kappa shape index (κ2) is 6.04. The molecule has 4 rings (SSSR count). The number of hydrogen-bond donors (Lipinski definition) is 1. The first-order valence-corrected chi connectivity index (χ1v) is 9.38. The molecule has 3 heterocycles. The van der Waals surface area contributed by atoms with E-state index >= 15 is 0 Å². The Bertz CT molecular complexity index is 847. The molecule has 0 bridgehead atoms. The van der Waals surface area contributed by atoms with Gasteiger partial charge in [-0.05, 0) is 35.0 Å². The highest BCUT2D eigenvalue weighted by Crippen LogP contribution is 2.41. The average Bonchev–Trinajstić information content (AvgIpc) is 3.29. The standard InChI is InChI=1S/C17H12N2S3/c1-2-6-12(7-3-1)18-17-15(13-8-4-10-20-13)19-16(22-17)14-9-5-11-21-14/h1-11,18H. The molecule has 0 saturated carbocycles. The van der Waals surface area contributed by atoms with E-state index in [1.54, 1.807) is 34.0 Å². The van der Waals surface area contributed by atoms with Crippen molar-refractivity contribution in [1.82, 2.24) is 4.98 Å². The maximum Gasteiger partial charge on any atom is 0.136 e. The summed E-state index contributed by atoms with van der Waals surface area (Å²) < 4.78 is 0. The number of para-hydroxylation sites is 1. The van der Waals surface area contributed by atoms with Crippen molar-refractivity contribution in [3.05, 3.63) is 65.4 Å². The summed E-state index contributed by atoms with van der Waals surface area (Å²) in [5, 5.41) is 9.85. The Labute approximate surface area is 140 Å². The van der Waals surface area contributed by atoms with Crippen molar-refractivity contribution in [1.29, 1.82) is 0 Å². The summed E-state index contributed by atoms with van der Waals surface area (Å²) in [5.74, 6) is 0. The Kier molecular flexibility index (Phi) is 3.76. The highest BCUT2D eigenvalue weighted by molar-refractivity contribution is 7.24. The molecule has 0 spiro atoms. The van der Waals surface area contributed by atoms with Crippen molar-refractivity contribution in [2.75, 3.05) is 5.32 Å². The number of aromatic nitrogens is 1. The van der Waals surface area contributed by atoms with E-state index in [9.17, 15) is 0 Å². The van der Waals surface area contributed by atoms with Crippen LogP contribution in [0.25, 0.3) is 20.5 Å². The summed E-state index contributed by atoms with van der Waals surface area (Å²) in [6.45, 7) is 0. The van der Waals surface area contributed by atoms with Gasteiger partial charge < -0.3 is 5.32 Å². The van der Waals surface area contributed by atoms with Gasteiger partial charge in [0.15, 0.2) is 0 Å². The fourth-order valence-corrected chi connectivity index (χ4v) is 4.72. The third-order valence-electron chi connectivity index (χ3n) is 3.15. The summed E-state index contributed by atoms with van der Waals surface area (Å²) in [7, 11) is 0. The number of nitrogens with zero attached hydrogens (tertiary/aromatic N) is 1. The molecule has 2 nitrogen and oxygen atoms in total. The SMILES string of the molecule is c1ccc(Nc2sc(-c3cccs3)nc2-c2cccs2)cc1. The quantitative estimate of drug-likeness (QED) is 0.468. The van der Waals surface area contributed by atoms with Gasteiger partial charge in [0, 0.05) is 5.69 Å². The van der Waals surface area contributed by atoms with Gasteiger partial charge >= 0.3 is 0 Å². The molecular weight excluding hydrogens is 328 g/mol. The van der Waals surface area contributed by atoms with Crippen LogP contribution < -0.4 is 5.32 Å². The maximum atomic E-state index is 4.87. The molecule has 1 N–H and O–H groups in total. The highest BCUT2D eigenvalue weighted by Gasteiger charge is 2.15. The first-order chi connectivity index (χ1) is 10.9. The minimum atomic E-state index is 1.03. The topological polar surface area (TPSA) is 24.9 Å². The Morgan fingerprint density at radius 2 is 1.50 bits per heavy atom. The van der Waals surface area contributed by atoms with Crippen molar-refractivity contribution < 1.29 is 0 Å². The zero-order valence-corrected chi connectivity index (χ0v) is 14.0. The third kappa shape index (κ3) is 2.70. The van der Waals surface area contributed by atoms with E-state index in [1.807, 2.05) is 18.2 Å². The lowest BCUT2D eigenvalue weighted by Gasteiger charge is -2.04. The Morgan fingerprint density at radius 1 is 0.773 bits per heavy atom. The van der Waals surface area contributed by atoms with Crippen LogP contribution in [0.2, 0.25) is 0 Å². The second-order valence-electron chi connectivity index (χ2n) is 4.64. The molecule has 0 aliphatic heterocycles. The first-order valence-electron chi connectivity index (χ1n) is 6.81. The van der Waals surface area contributed by atoms with Crippen LogP contribution in [0.5, 0.6) is 0 Å². The van der Waals surface area contributed by atoms with Crippen molar-refractivity contribution >= 4 is 44.7 Å². The minimum Gasteiger partial charge on any atom is -0.345 e. The van der Waals surface area contributed by atoms with Gasteiger partial charge in [-0.2, -0.15) is 0 Å². The summed E-state index contributed by atoms with van der Waals surface area (Å²) in [5.41, 5.74) is 2.12. The summed E-state index contributed by atoms with van der Waals surface area (Å²) in [6.07, 6.45) is 0. The molecule has 4 aromatic rings. The predicted octanol–water partition coefficient (Wildman–Crippen LogP) is 6.34. The normalized spacial score (nSPS) is 10.7. The van der Waals surface area contributed by atoms with E-state index in [0.717, 1.165) is 21.4 Å². The molecule has 0 unspecified atom stereocenters. The monoisotopic (exact) mass is 340 g/mol. The molecule has 0 fully saturated rings. The third-order valence-corrected chi connectivity index (χ3v) is 6.03. The molecule has 22 heavy (non-hydrogen) atoms. The smallest absolute Gasteiger partial charge is 0.136 e. The lowest BCUT2D eigenvalue weighted by atomic mass is 10.3. The molecule has 0 aliphatic rings. The molecule has 5 heteroatoms. The first kappa shape index (κ1) is 13.7. The Hall–Kier alpha value is -1.95. The molecule has 0 amide bonds. The van der Waals surface area contributed by atoms with Crippen LogP contribution in [0.4, 0.5) is 10.7 Å². The van der Waals surface area contributed by atoms with E-state index in [0.29, 0.717) is 0 Å². The van der Waals surface area contributed by atoms with E-state index in [4.69, 9.17) is 4.98 Å². The van der Waals surface area contributed by atoms with E-state index < -0.39 is 0 Å². The molecule has 1 aromatic carbocycles.